The van der Waals surface area contributed by atoms with E-state index in [1.165, 1.54) is 12.1 Å². The summed E-state index contributed by atoms with van der Waals surface area (Å²) >= 11 is 0. The number of benzene rings is 3. The van der Waals surface area contributed by atoms with E-state index in [9.17, 15) is 18.0 Å². The highest BCUT2D eigenvalue weighted by atomic mass is 32.2. The lowest BCUT2D eigenvalue weighted by Crippen LogP contribution is -2.49. The minimum Gasteiger partial charge on any atom is -0.465 e. The number of carbonyl (C=O) groups excluding carboxylic acids is 2. The van der Waals surface area contributed by atoms with Crippen molar-refractivity contribution in [1.29, 1.82) is 0 Å². The van der Waals surface area contributed by atoms with Gasteiger partial charge in [-0.25, -0.2) is 13.4 Å². The van der Waals surface area contributed by atoms with Gasteiger partial charge in [0.25, 0.3) is 5.91 Å². The van der Waals surface area contributed by atoms with Gasteiger partial charge in [0.2, 0.25) is 10.0 Å². The van der Waals surface area contributed by atoms with Crippen molar-refractivity contribution in [2.45, 2.75) is 17.9 Å². The molecule has 0 saturated heterocycles. The molecule has 1 heterocycles. The van der Waals surface area contributed by atoms with Crippen LogP contribution in [0.1, 0.15) is 28.5 Å². The maximum atomic E-state index is 12.7. The van der Waals surface area contributed by atoms with E-state index < -0.39 is 27.9 Å². The number of sulfonamides is 1. The molecule has 0 aliphatic carbocycles. The third-order valence-corrected chi connectivity index (χ3v) is 7.11. The fourth-order valence-electron chi connectivity index (χ4n) is 3.72. The number of aromatic nitrogens is 1. The number of nitrogens with zero attached hydrogens (tertiary/aromatic N) is 1. The van der Waals surface area contributed by atoms with Crippen molar-refractivity contribution in [1.82, 2.24) is 15.0 Å². The summed E-state index contributed by atoms with van der Waals surface area (Å²) in [7, 11) is -4.02. The van der Waals surface area contributed by atoms with Crippen molar-refractivity contribution < 1.29 is 22.7 Å². The highest BCUT2D eigenvalue weighted by Crippen LogP contribution is 2.19. The quantitative estimate of drug-likeness (QED) is 0.230. The zero-order valence-electron chi connectivity index (χ0n) is 21.0. The first-order valence-electron chi connectivity index (χ1n) is 12.1. The normalized spacial score (nSPS) is 11.7. The van der Waals surface area contributed by atoms with Gasteiger partial charge in [0.15, 0.2) is 0 Å². The Bertz CT molecular complexity index is 1660. The summed E-state index contributed by atoms with van der Waals surface area (Å²) in [4.78, 5) is 29.5. The Hall–Kier alpha value is -4.72. The van der Waals surface area contributed by atoms with Crippen molar-refractivity contribution >= 4 is 38.5 Å². The monoisotopic (exact) mass is 542 g/mol. The maximum Gasteiger partial charge on any atom is 0.326 e. The molecule has 3 aromatic carbocycles. The number of anilines is 1. The molecule has 0 aliphatic heterocycles. The molecule has 9 nitrogen and oxygen atoms in total. The van der Waals surface area contributed by atoms with E-state index in [2.05, 4.69) is 26.9 Å². The molecule has 0 saturated carbocycles. The Morgan fingerprint density at radius 2 is 1.67 bits per heavy atom. The van der Waals surface area contributed by atoms with Gasteiger partial charge in [-0.15, -0.1) is 0 Å². The third kappa shape index (κ3) is 6.98. The molecule has 0 radical (unpaired) electrons. The molecule has 1 atom stereocenters. The molecule has 1 amide bonds. The topological polar surface area (TPSA) is 140 Å². The number of rotatable bonds is 8. The van der Waals surface area contributed by atoms with E-state index >= 15 is 0 Å². The van der Waals surface area contributed by atoms with E-state index in [0.717, 1.165) is 10.8 Å². The van der Waals surface area contributed by atoms with Crippen LogP contribution in [0.4, 0.5) is 5.82 Å². The van der Waals surface area contributed by atoms with Gasteiger partial charge in [-0.05, 0) is 60.7 Å². The summed E-state index contributed by atoms with van der Waals surface area (Å²) in [6.07, 6.45) is 0. The first-order chi connectivity index (χ1) is 18.8. The molecule has 0 bridgehead atoms. The van der Waals surface area contributed by atoms with E-state index in [4.69, 9.17) is 10.5 Å². The summed E-state index contributed by atoms with van der Waals surface area (Å²) in [6.45, 7) is 1.36. The number of amides is 1. The standard InChI is InChI=1S/C29H26N4O5S/c1-2-38-29(35)26(33-39(36,37)23-9-4-3-5-10-23)19-31-28(34)21-15-12-20(13-16-21)14-17-25-24-11-7-6-8-22(24)18-27(30)32-25/h3-13,15-16,18,26,33H,2,19H2,1H3,(H2,30,32)(H,31,34). The second kappa shape index (κ2) is 12.2. The zero-order valence-corrected chi connectivity index (χ0v) is 21.9. The van der Waals surface area contributed by atoms with Crippen LogP contribution in [0.3, 0.4) is 0 Å². The van der Waals surface area contributed by atoms with Crippen molar-refractivity contribution in [3.63, 3.8) is 0 Å². The Balaban J connectivity index is 1.45. The minimum atomic E-state index is -4.02. The second-order valence-electron chi connectivity index (χ2n) is 8.39. The predicted octanol–water partition coefficient (Wildman–Crippen LogP) is 2.86. The largest absolute Gasteiger partial charge is 0.465 e. The fourth-order valence-corrected chi connectivity index (χ4v) is 4.92. The molecule has 1 aromatic heterocycles. The van der Waals surface area contributed by atoms with Crippen LogP contribution in [-0.2, 0) is 19.6 Å². The molecule has 1 unspecified atom stereocenters. The Morgan fingerprint density at radius 1 is 0.974 bits per heavy atom. The number of carbonyl (C=O) groups is 2. The van der Waals surface area contributed by atoms with Crippen molar-refractivity contribution in [3.8, 4) is 11.8 Å². The minimum absolute atomic E-state index is 0.0105. The number of esters is 1. The smallest absolute Gasteiger partial charge is 0.326 e. The average molecular weight is 543 g/mol. The molecule has 39 heavy (non-hydrogen) atoms. The van der Waals surface area contributed by atoms with Gasteiger partial charge in [-0.1, -0.05) is 48.4 Å². The molecular weight excluding hydrogens is 516 g/mol. The predicted molar refractivity (Wildman–Crippen MR) is 148 cm³/mol. The first-order valence-corrected chi connectivity index (χ1v) is 13.5. The van der Waals surface area contributed by atoms with Crippen LogP contribution in [-0.4, -0.2) is 44.5 Å². The molecule has 0 aliphatic rings. The molecule has 4 aromatic rings. The Labute approximate surface area is 226 Å². The van der Waals surface area contributed by atoms with Crippen LogP contribution in [0.15, 0.2) is 89.8 Å². The Kier molecular flexibility index (Phi) is 8.56. The summed E-state index contributed by atoms with van der Waals surface area (Å²) in [5, 5.41) is 4.41. The highest BCUT2D eigenvalue weighted by Gasteiger charge is 2.27. The highest BCUT2D eigenvalue weighted by molar-refractivity contribution is 7.89. The van der Waals surface area contributed by atoms with Gasteiger partial charge in [0, 0.05) is 23.1 Å². The maximum absolute atomic E-state index is 12.7. The van der Waals surface area contributed by atoms with Crippen LogP contribution >= 0.6 is 0 Å². The van der Waals surface area contributed by atoms with Gasteiger partial charge < -0.3 is 15.8 Å². The van der Waals surface area contributed by atoms with E-state index in [1.807, 2.05) is 24.3 Å². The Morgan fingerprint density at radius 3 is 2.38 bits per heavy atom. The van der Waals surface area contributed by atoms with Crippen molar-refractivity contribution in [2.24, 2.45) is 0 Å². The number of nitrogens with two attached hydrogens (primary N) is 1. The molecule has 198 valence electrons. The lowest BCUT2D eigenvalue weighted by atomic mass is 10.1. The number of nitrogen functional groups attached to an aromatic ring is 1. The van der Waals surface area contributed by atoms with Gasteiger partial charge in [-0.2, -0.15) is 4.72 Å². The third-order valence-electron chi connectivity index (χ3n) is 5.62. The van der Waals surface area contributed by atoms with Crippen LogP contribution in [0.5, 0.6) is 0 Å². The van der Waals surface area contributed by atoms with Gasteiger partial charge in [0.1, 0.15) is 17.6 Å². The molecule has 4 rings (SSSR count). The number of ether oxygens (including phenoxy) is 1. The van der Waals surface area contributed by atoms with Crippen LogP contribution in [0.2, 0.25) is 0 Å². The summed E-state index contributed by atoms with van der Waals surface area (Å²) in [6, 6.07) is 22.3. The lowest BCUT2D eigenvalue weighted by Gasteiger charge is -2.18. The lowest BCUT2D eigenvalue weighted by molar-refractivity contribution is -0.144. The number of nitrogens with one attached hydrogen (secondary N) is 2. The number of pyridine rings is 1. The average Bonchev–Trinajstić information content (AvgIpc) is 2.94. The van der Waals surface area contributed by atoms with Crippen molar-refractivity contribution in [3.05, 3.63) is 102 Å². The van der Waals surface area contributed by atoms with Crippen molar-refractivity contribution in [2.75, 3.05) is 18.9 Å². The zero-order chi connectivity index (χ0) is 27.8. The number of fused-ring (bicyclic) bond motifs is 1. The van der Waals surface area contributed by atoms with Crippen LogP contribution in [0, 0.1) is 11.8 Å². The van der Waals surface area contributed by atoms with Gasteiger partial charge in [0.05, 0.1) is 11.5 Å². The fraction of sp³-hybridized carbons (Fsp3) is 0.138. The van der Waals surface area contributed by atoms with Crippen LogP contribution < -0.4 is 15.8 Å². The number of hydrogen-bond acceptors (Lipinski definition) is 7. The van der Waals surface area contributed by atoms with E-state index in [-0.39, 0.29) is 18.0 Å². The molecule has 0 spiro atoms. The van der Waals surface area contributed by atoms with Crippen LogP contribution in [0.25, 0.3) is 10.8 Å². The summed E-state index contributed by atoms with van der Waals surface area (Å²) in [5.74, 6) is 5.14. The van der Waals surface area contributed by atoms with Gasteiger partial charge in [-0.3, -0.25) is 9.59 Å². The first kappa shape index (κ1) is 27.3. The molecule has 4 N–H and O–H groups in total. The van der Waals surface area contributed by atoms with E-state index in [0.29, 0.717) is 22.6 Å². The molecule has 10 heteroatoms. The molecule has 0 fully saturated rings. The summed E-state index contributed by atoms with van der Waals surface area (Å²) < 4.78 is 32.7. The van der Waals surface area contributed by atoms with Gasteiger partial charge >= 0.3 is 5.97 Å². The SMILES string of the molecule is CCOC(=O)C(CNC(=O)c1ccc(C#Cc2nc(N)cc3ccccc23)cc1)NS(=O)(=O)c1ccccc1. The second-order valence-corrected chi connectivity index (χ2v) is 10.1. The summed E-state index contributed by atoms with van der Waals surface area (Å²) in [5.41, 5.74) is 7.42. The molecular formula is C29H26N4O5S. The number of hydrogen-bond donors (Lipinski definition) is 3. The van der Waals surface area contributed by atoms with E-state index in [1.54, 1.807) is 55.5 Å².